The lowest BCUT2D eigenvalue weighted by Gasteiger charge is -2.22. The average molecular weight is 500 g/mol. The van der Waals surface area contributed by atoms with Crippen molar-refractivity contribution in [2.24, 2.45) is 0 Å². The SMILES string of the molecule is COC(=O)Nc1ccc2c(c1)N(c1nc(-c3cccnc3)nc3ccc(OC)cc13)CC2.Cl.Cl. The fourth-order valence-corrected chi connectivity index (χ4v) is 3.89. The van der Waals surface area contributed by atoms with Crippen molar-refractivity contribution in [3.8, 4) is 17.1 Å². The van der Waals surface area contributed by atoms with Gasteiger partial charge in [0.1, 0.15) is 11.6 Å². The van der Waals surface area contributed by atoms with E-state index >= 15 is 0 Å². The maximum atomic E-state index is 11.7. The van der Waals surface area contributed by atoms with E-state index in [2.05, 4.69) is 15.2 Å². The van der Waals surface area contributed by atoms with Gasteiger partial charge < -0.3 is 14.4 Å². The van der Waals surface area contributed by atoms with Crippen LogP contribution in [0, 0.1) is 0 Å². The Labute approximate surface area is 209 Å². The first-order chi connectivity index (χ1) is 15.7. The van der Waals surface area contributed by atoms with E-state index in [1.807, 2.05) is 48.5 Å². The maximum Gasteiger partial charge on any atom is 0.411 e. The largest absolute Gasteiger partial charge is 0.497 e. The Morgan fingerprint density at radius 1 is 1.06 bits per heavy atom. The molecule has 3 heterocycles. The number of hydrogen-bond donors (Lipinski definition) is 1. The number of carbonyl (C=O) groups excluding carboxylic acids is 1. The van der Waals surface area contributed by atoms with Crippen LogP contribution in [0.5, 0.6) is 5.75 Å². The molecule has 8 nitrogen and oxygen atoms in total. The van der Waals surface area contributed by atoms with Gasteiger partial charge >= 0.3 is 6.09 Å². The standard InChI is InChI=1S/C24H21N5O3.2ClH/c1-31-18-7-8-20-19(13-18)23(28-22(27-20)16-4-3-10-25-14-16)29-11-9-15-5-6-17(12-21(15)29)26-24(30)32-2;;/h3-8,10,12-14H,9,11H2,1-2H3,(H,26,30);2*1H. The van der Waals surface area contributed by atoms with Gasteiger partial charge in [-0.25, -0.2) is 14.8 Å². The van der Waals surface area contributed by atoms with E-state index in [9.17, 15) is 4.79 Å². The predicted octanol–water partition coefficient (Wildman–Crippen LogP) is 5.42. The van der Waals surface area contributed by atoms with Gasteiger partial charge in [-0.15, -0.1) is 24.8 Å². The number of halogens is 2. The van der Waals surface area contributed by atoms with E-state index in [1.165, 1.54) is 12.7 Å². The Hall–Kier alpha value is -3.62. The van der Waals surface area contributed by atoms with E-state index in [0.717, 1.165) is 46.7 Å². The molecule has 4 aromatic rings. The van der Waals surface area contributed by atoms with E-state index in [4.69, 9.17) is 19.4 Å². The molecule has 0 atom stereocenters. The summed E-state index contributed by atoms with van der Waals surface area (Å²) in [6.07, 6.45) is 3.84. The first kappa shape index (κ1) is 25.0. The summed E-state index contributed by atoms with van der Waals surface area (Å²) in [5, 5.41) is 3.62. The minimum atomic E-state index is -0.509. The van der Waals surface area contributed by atoms with Crippen molar-refractivity contribution in [1.29, 1.82) is 0 Å². The fourth-order valence-electron chi connectivity index (χ4n) is 3.89. The molecule has 0 aliphatic carbocycles. The number of pyridine rings is 1. The first-order valence-electron chi connectivity index (χ1n) is 10.2. The topological polar surface area (TPSA) is 89.5 Å². The van der Waals surface area contributed by atoms with Gasteiger partial charge in [0.05, 0.1) is 19.7 Å². The van der Waals surface area contributed by atoms with Gasteiger partial charge in [0, 0.05) is 41.3 Å². The van der Waals surface area contributed by atoms with E-state index in [0.29, 0.717) is 11.5 Å². The van der Waals surface area contributed by atoms with Gasteiger partial charge in [-0.2, -0.15) is 0 Å². The molecule has 2 aromatic carbocycles. The fraction of sp³-hybridized carbons (Fsp3) is 0.167. The number of rotatable bonds is 4. The monoisotopic (exact) mass is 499 g/mol. The van der Waals surface area contributed by atoms with Gasteiger partial charge in [-0.3, -0.25) is 10.3 Å². The number of fused-ring (bicyclic) bond motifs is 2. The highest BCUT2D eigenvalue weighted by molar-refractivity contribution is 5.95. The number of methoxy groups -OCH3 is 2. The second-order valence-corrected chi connectivity index (χ2v) is 7.36. The summed E-state index contributed by atoms with van der Waals surface area (Å²) >= 11 is 0. The Kier molecular flexibility index (Phi) is 7.75. The van der Waals surface area contributed by atoms with Crippen LogP contribution in [0.25, 0.3) is 22.3 Å². The lowest BCUT2D eigenvalue weighted by atomic mass is 10.1. The summed E-state index contributed by atoms with van der Waals surface area (Å²) in [5.74, 6) is 2.11. The summed E-state index contributed by atoms with van der Waals surface area (Å²) in [7, 11) is 2.98. The van der Waals surface area contributed by atoms with E-state index in [1.54, 1.807) is 19.5 Å². The highest BCUT2D eigenvalue weighted by Gasteiger charge is 2.25. The van der Waals surface area contributed by atoms with Crippen LogP contribution in [0.2, 0.25) is 0 Å². The van der Waals surface area contributed by atoms with Gasteiger partial charge in [-0.05, 0) is 54.4 Å². The molecule has 0 spiro atoms. The normalized spacial score (nSPS) is 11.8. The van der Waals surface area contributed by atoms with Gasteiger partial charge in [0.25, 0.3) is 0 Å². The van der Waals surface area contributed by atoms with Crippen LogP contribution < -0.4 is 15.0 Å². The maximum absolute atomic E-state index is 11.7. The van der Waals surface area contributed by atoms with Crippen molar-refractivity contribution >= 4 is 59.0 Å². The van der Waals surface area contributed by atoms with Crippen molar-refractivity contribution in [2.75, 3.05) is 31.0 Å². The van der Waals surface area contributed by atoms with Crippen molar-refractivity contribution in [1.82, 2.24) is 15.0 Å². The Morgan fingerprint density at radius 2 is 1.91 bits per heavy atom. The van der Waals surface area contributed by atoms with Crippen LogP contribution in [0.1, 0.15) is 5.56 Å². The number of anilines is 3. The van der Waals surface area contributed by atoms with Crippen molar-refractivity contribution in [3.05, 3.63) is 66.5 Å². The molecule has 34 heavy (non-hydrogen) atoms. The molecular formula is C24H23Cl2N5O3. The molecule has 176 valence electrons. The highest BCUT2D eigenvalue weighted by atomic mass is 35.5. The molecule has 1 aliphatic rings. The molecule has 10 heteroatoms. The van der Waals surface area contributed by atoms with Crippen LogP contribution >= 0.6 is 24.8 Å². The molecule has 1 N–H and O–H groups in total. The van der Waals surface area contributed by atoms with Crippen molar-refractivity contribution in [3.63, 3.8) is 0 Å². The molecule has 5 rings (SSSR count). The quantitative estimate of drug-likeness (QED) is 0.401. The molecule has 0 unspecified atom stereocenters. The van der Waals surface area contributed by atoms with E-state index in [-0.39, 0.29) is 24.8 Å². The molecule has 0 saturated carbocycles. The second kappa shape index (κ2) is 10.5. The zero-order valence-electron chi connectivity index (χ0n) is 18.5. The minimum absolute atomic E-state index is 0. The molecule has 1 amide bonds. The molecule has 0 saturated heterocycles. The average Bonchev–Trinajstić information content (AvgIpc) is 3.26. The van der Waals surface area contributed by atoms with Gasteiger partial charge in [0.15, 0.2) is 5.82 Å². The summed E-state index contributed by atoms with van der Waals surface area (Å²) in [6, 6.07) is 15.4. The number of aromatic nitrogens is 3. The number of nitrogens with one attached hydrogen (secondary N) is 1. The Morgan fingerprint density at radius 3 is 2.65 bits per heavy atom. The number of carbonyl (C=O) groups is 1. The number of amides is 1. The van der Waals surface area contributed by atoms with Crippen molar-refractivity contribution < 1.29 is 14.3 Å². The molecule has 0 radical (unpaired) electrons. The zero-order valence-corrected chi connectivity index (χ0v) is 20.2. The van der Waals surface area contributed by atoms with Crippen LogP contribution in [-0.4, -0.2) is 41.8 Å². The lowest BCUT2D eigenvalue weighted by Crippen LogP contribution is -2.17. The molecule has 2 aromatic heterocycles. The minimum Gasteiger partial charge on any atom is -0.497 e. The number of nitrogens with zero attached hydrogens (tertiary/aromatic N) is 4. The van der Waals surface area contributed by atoms with E-state index < -0.39 is 6.09 Å². The lowest BCUT2D eigenvalue weighted by molar-refractivity contribution is 0.187. The number of benzene rings is 2. The zero-order chi connectivity index (χ0) is 22.1. The highest BCUT2D eigenvalue weighted by Crippen LogP contribution is 2.40. The molecule has 0 fully saturated rings. The van der Waals surface area contributed by atoms with Crippen LogP contribution in [-0.2, 0) is 11.2 Å². The van der Waals surface area contributed by atoms with Crippen LogP contribution in [0.3, 0.4) is 0 Å². The number of ether oxygens (including phenoxy) is 2. The van der Waals surface area contributed by atoms with Crippen LogP contribution in [0.15, 0.2) is 60.9 Å². The van der Waals surface area contributed by atoms with Gasteiger partial charge in [-0.1, -0.05) is 6.07 Å². The number of hydrogen-bond acceptors (Lipinski definition) is 7. The summed E-state index contributed by atoms with van der Waals surface area (Å²) in [4.78, 5) is 27.8. The Balaban J connectivity index is 0.00000162. The second-order valence-electron chi connectivity index (χ2n) is 7.36. The molecular weight excluding hydrogens is 477 g/mol. The molecule has 0 bridgehead atoms. The smallest absolute Gasteiger partial charge is 0.411 e. The summed E-state index contributed by atoms with van der Waals surface area (Å²) in [6.45, 7) is 0.757. The first-order valence-corrected chi connectivity index (χ1v) is 10.2. The Bertz CT molecular complexity index is 1320. The third kappa shape index (κ3) is 4.69. The van der Waals surface area contributed by atoms with Gasteiger partial charge in [0.2, 0.25) is 0 Å². The predicted molar refractivity (Wildman–Crippen MR) is 137 cm³/mol. The van der Waals surface area contributed by atoms with Crippen molar-refractivity contribution in [2.45, 2.75) is 6.42 Å². The van der Waals surface area contributed by atoms with Crippen LogP contribution in [0.4, 0.5) is 22.0 Å². The summed E-state index contributed by atoms with van der Waals surface area (Å²) < 4.78 is 10.2. The molecule has 1 aliphatic heterocycles. The third-order valence-electron chi connectivity index (χ3n) is 5.47. The summed E-state index contributed by atoms with van der Waals surface area (Å²) in [5.41, 5.74) is 4.47. The third-order valence-corrected chi connectivity index (χ3v) is 5.47.